The lowest BCUT2D eigenvalue weighted by molar-refractivity contribution is 0.233. The zero-order valence-corrected chi connectivity index (χ0v) is 12.3. The highest BCUT2D eigenvalue weighted by Gasteiger charge is 2.16. The Kier molecular flexibility index (Phi) is 6.35. The summed E-state index contributed by atoms with van der Waals surface area (Å²) < 4.78 is 5.33. The van der Waals surface area contributed by atoms with Gasteiger partial charge in [0.25, 0.3) is 0 Å². The summed E-state index contributed by atoms with van der Waals surface area (Å²) in [7, 11) is 2.26. The topological polar surface area (TPSA) is 52.9 Å². The fraction of sp³-hybridized carbons (Fsp3) is 0.571. The fourth-order valence-electron chi connectivity index (χ4n) is 2.15. The third-order valence-electron chi connectivity index (χ3n) is 3.48. The number of nitrogens with zero attached hydrogens (tertiary/aromatic N) is 1. The summed E-state index contributed by atoms with van der Waals surface area (Å²) in [5.74, 6) is 0.778. The van der Waals surface area contributed by atoms with E-state index < -0.39 is 7.12 Å². The molecule has 0 aliphatic carbocycles. The molecule has 0 amide bonds. The van der Waals surface area contributed by atoms with Crippen molar-refractivity contribution in [3.63, 3.8) is 0 Å². The van der Waals surface area contributed by atoms with E-state index in [-0.39, 0.29) is 0 Å². The number of hydrogen-bond donors (Lipinski definition) is 2. The smallest absolute Gasteiger partial charge is 0.488 e. The summed E-state index contributed by atoms with van der Waals surface area (Å²) in [5, 5.41) is 18.5. The van der Waals surface area contributed by atoms with Crippen LogP contribution in [0.25, 0.3) is 0 Å². The Bertz CT molecular complexity index is 398. The molecule has 106 valence electrons. The Morgan fingerprint density at radius 2 is 2.05 bits per heavy atom. The van der Waals surface area contributed by atoms with Gasteiger partial charge in [-0.3, -0.25) is 4.90 Å². The molecule has 0 aliphatic rings. The van der Waals surface area contributed by atoms with Crippen molar-refractivity contribution in [1.82, 2.24) is 4.90 Å². The molecule has 0 aliphatic heterocycles. The predicted octanol–water partition coefficient (Wildman–Crippen LogP) is 0.995. The fourth-order valence-corrected chi connectivity index (χ4v) is 2.15. The molecule has 0 saturated carbocycles. The van der Waals surface area contributed by atoms with Crippen molar-refractivity contribution in [1.29, 1.82) is 0 Å². The second-order valence-electron chi connectivity index (χ2n) is 5.00. The Labute approximate surface area is 116 Å². The Morgan fingerprint density at radius 1 is 1.37 bits per heavy atom. The molecular formula is C14H24BNO3. The maximum atomic E-state index is 9.24. The maximum Gasteiger partial charge on any atom is 0.488 e. The van der Waals surface area contributed by atoms with Crippen LogP contribution in [0.2, 0.25) is 0 Å². The van der Waals surface area contributed by atoms with E-state index in [1.54, 1.807) is 25.3 Å². The van der Waals surface area contributed by atoms with E-state index in [4.69, 9.17) is 4.74 Å². The average molecular weight is 265 g/mol. The van der Waals surface area contributed by atoms with Gasteiger partial charge in [-0.2, -0.15) is 0 Å². The molecule has 1 aromatic carbocycles. The summed E-state index contributed by atoms with van der Waals surface area (Å²) in [6, 6.07) is 5.72. The molecule has 5 heteroatoms. The van der Waals surface area contributed by atoms with Crippen LogP contribution in [0.5, 0.6) is 5.75 Å². The van der Waals surface area contributed by atoms with Crippen LogP contribution >= 0.6 is 0 Å². The Balaban J connectivity index is 2.88. The summed E-state index contributed by atoms with van der Waals surface area (Å²) in [4.78, 5) is 2.24. The van der Waals surface area contributed by atoms with Crippen molar-refractivity contribution in [3.05, 3.63) is 23.8 Å². The van der Waals surface area contributed by atoms with E-state index in [2.05, 4.69) is 25.8 Å². The number of hydrogen-bond acceptors (Lipinski definition) is 4. The molecule has 0 bridgehead atoms. The lowest BCUT2D eigenvalue weighted by atomic mass is 9.79. The minimum atomic E-state index is -1.44. The SMILES string of the molecule is CCCC(C)N(C)Cc1cc(B(O)O)ccc1OC. The second-order valence-corrected chi connectivity index (χ2v) is 5.00. The largest absolute Gasteiger partial charge is 0.496 e. The van der Waals surface area contributed by atoms with Gasteiger partial charge in [0.1, 0.15) is 5.75 Å². The molecule has 0 heterocycles. The lowest BCUT2D eigenvalue weighted by Gasteiger charge is -2.25. The first-order valence-corrected chi connectivity index (χ1v) is 6.72. The van der Waals surface area contributed by atoms with Gasteiger partial charge >= 0.3 is 7.12 Å². The van der Waals surface area contributed by atoms with Gasteiger partial charge in [-0.05, 0) is 31.9 Å². The van der Waals surface area contributed by atoms with Crippen molar-refractivity contribution >= 4 is 12.6 Å². The predicted molar refractivity (Wildman–Crippen MR) is 78.7 cm³/mol. The lowest BCUT2D eigenvalue weighted by Crippen LogP contribution is -2.32. The van der Waals surface area contributed by atoms with Crippen LogP contribution in [0, 0.1) is 0 Å². The van der Waals surface area contributed by atoms with Gasteiger partial charge in [0.15, 0.2) is 0 Å². The molecule has 1 rings (SSSR count). The molecule has 19 heavy (non-hydrogen) atoms. The highest BCUT2D eigenvalue weighted by atomic mass is 16.5. The summed E-state index contributed by atoms with van der Waals surface area (Å²) in [6.07, 6.45) is 2.29. The van der Waals surface area contributed by atoms with Crippen LogP contribution < -0.4 is 10.2 Å². The molecule has 2 N–H and O–H groups in total. The van der Waals surface area contributed by atoms with Gasteiger partial charge in [0, 0.05) is 18.2 Å². The quantitative estimate of drug-likeness (QED) is 0.722. The second kappa shape index (κ2) is 7.53. The minimum Gasteiger partial charge on any atom is -0.496 e. The molecule has 0 aromatic heterocycles. The van der Waals surface area contributed by atoms with E-state index in [0.717, 1.165) is 30.7 Å². The summed E-state index contributed by atoms with van der Waals surface area (Å²) >= 11 is 0. The summed E-state index contributed by atoms with van der Waals surface area (Å²) in [5.41, 5.74) is 1.46. The molecule has 4 nitrogen and oxygen atoms in total. The van der Waals surface area contributed by atoms with Crippen LogP contribution in [0.1, 0.15) is 32.3 Å². The van der Waals surface area contributed by atoms with Crippen molar-refractivity contribution in [3.8, 4) is 5.75 Å². The number of rotatable bonds is 7. The standard InChI is InChI=1S/C14H24BNO3/c1-5-6-11(2)16(3)10-12-9-13(15(17)18)7-8-14(12)19-4/h7-9,11,17-18H,5-6,10H2,1-4H3. The van der Waals surface area contributed by atoms with E-state index in [0.29, 0.717) is 11.5 Å². The van der Waals surface area contributed by atoms with E-state index in [1.807, 2.05) is 0 Å². The highest BCUT2D eigenvalue weighted by Crippen LogP contribution is 2.19. The van der Waals surface area contributed by atoms with Crippen molar-refractivity contribution < 1.29 is 14.8 Å². The van der Waals surface area contributed by atoms with E-state index in [1.165, 1.54) is 0 Å². The third kappa shape index (κ3) is 4.53. The number of ether oxygens (including phenoxy) is 1. The Hall–Kier alpha value is -1.04. The van der Waals surface area contributed by atoms with Crippen molar-refractivity contribution in [2.45, 2.75) is 39.3 Å². The molecule has 0 fully saturated rings. The van der Waals surface area contributed by atoms with Crippen molar-refractivity contribution in [2.24, 2.45) is 0 Å². The molecule has 1 unspecified atom stereocenters. The molecule has 0 spiro atoms. The van der Waals surface area contributed by atoms with E-state index in [9.17, 15) is 10.0 Å². The molecular weight excluding hydrogens is 241 g/mol. The van der Waals surface area contributed by atoms with Crippen molar-refractivity contribution in [2.75, 3.05) is 14.2 Å². The first-order valence-electron chi connectivity index (χ1n) is 6.72. The van der Waals surface area contributed by atoms with Crippen LogP contribution in [0.4, 0.5) is 0 Å². The number of benzene rings is 1. The molecule has 1 aromatic rings. The van der Waals surface area contributed by atoms with Gasteiger partial charge < -0.3 is 14.8 Å². The first kappa shape index (κ1) is 16.0. The number of methoxy groups -OCH3 is 1. The van der Waals surface area contributed by atoms with Crippen LogP contribution in [0.15, 0.2) is 18.2 Å². The van der Waals surface area contributed by atoms with Gasteiger partial charge in [-0.25, -0.2) is 0 Å². The Morgan fingerprint density at radius 3 is 2.58 bits per heavy atom. The normalized spacial score (nSPS) is 12.6. The highest BCUT2D eigenvalue weighted by molar-refractivity contribution is 6.58. The van der Waals surface area contributed by atoms with Gasteiger partial charge in [-0.1, -0.05) is 25.5 Å². The van der Waals surface area contributed by atoms with Crippen LogP contribution in [0.3, 0.4) is 0 Å². The van der Waals surface area contributed by atoms with Gasteiger partial charge in [0.05, 0.1) is 7.11 Å². The van der Waals surface area contributed by atoms with Gasteiger partial charge in [0.2, 0.25) is 0 Å². The zero-order chi connectivity index (χ0) is 14.4. The first-order chi connectivity index (χ1) is 8.99. The van der Waals surface area contributed by atoms with Crippen LogP contribution in [-0.2, 0) is 6.54 Å². The molecule has 0 saturated heterocycles. The van der Waals surface area contributed by atoms with Gasteiger partial charge in [-0.15, -0.1) is 0 Å². The zero-order valence-electron chi connectivity index (χ0n) is 12.3. The minimum absolute atomic E-state index is 0.484. The monoisotopic (exact) mass is 265 g/mol. The summed E-state index contributed by atoms with van der Waals surface area (Å²) in [6.45, 7) is 5.10. The average Bonchev–Trinajstić information content (AvgIpc) is 2.38. The third-order valence-corrected chi connectivity index (χ3v) is 3.48. The van der Waals surface area contributed by atoms with E-state index >= 15 is 0 Å². The molecule has 0 radical (unpaired) electrons. The maximum absolute atomic E-state index is 9.24. The molecule has 1 atom stereocenters. The van der Waals surface area contributed by atoms with Crippen LogP contribution in [-0.4, -0.2) is 42.3 Å².